The van der Waals surface area contributed by atoms with Crippen molar-refractivity contribution >= 4 is 12.1 Å². The van der Waals surface area contributed by atoms with Crippen LogP contribution in [-0.2, 0) is 4.79 Å². The zero-order valence-electron chi connectivity index (χ0n) is 12.0. The standard InChI is InChI=1S/C15H19NO5/c1-9-13(14(17)18)12(7-8-16(9)15(19)20)10-3-5-11(21-2)6-4-10/h3-6,9,12-13H,7-8H2,1-2H3,(H,17,18)(H,19,20)/t9-,12?,13-/m1/s1. The van der Waals surface area contributed by atoms with Gasteiger partial charge in [-0.15, -0.1) is 0 Å². The zero-order chi connectivity index (χ0) is 15.6. The van der Waals surface area contributed by atoms with Crippen molar-refractivity contribution in [2.24, 2.45) is 5.92 Å². The molecule has 1 aromatic rings. The van der Waals surface area contributed by atoms with Gasteiger partial charge in [-0.2, -0.15) is 0 Å². The van der Waals surface area contributed by atoms with Gasteiger partial charge in [0.2, 0.25) is 0 Å². The van der Waals surface area contributed by atoms with E-state index in [2.05, 4.69) is 0 Å². The lowest BCUT2D eigenvalue weighted by atomic mass is 9.76. The van der Waals surface area contributed by atoms with Crippen LogP contribution in [0.25, 0.3) is 0 Å². The molecular formula is C15H19NO5. The summed E-state index contributed by atoms with van der Waals surface area (Å²) in [6, 6.07) is 6.73. The number of nitrogens with zero attached hydrogens (tertiary/aromatic N) is 1. The Kier molecular flexibility index (Phi) is 4.35. The molecule has 0 bridgehead atoms. The molecule has 1 fully saturated rings. The maximum atomic E-state index is 11.6. The normalized spacial score (nSPS) is 25.4. The highest BCUT2D eigenvalue weighted by Crippen LogP contribution is 2.37. The van der Waals surface area contributed by atoms with E-state index in [1.54, 1.807) is 26.2 Å². The van der Waals surface area contributed by atoms with Crippen LogP contribution in [0.2, 0.25) is 0 Å². The van der Waals surface area contributed by atoms with Crippen molar-refractivity contribution in [2.45, 2.75) is 25.3 Å². The van der Waals surface area contributed by atoms with Gasteiger partial charge in [-0.25, -0.2) is 4.79 Å². The largest absolute Gasteiger partial charge is 0.497 e. The third-order valence-electron chi connectivity index (χ3n) is 4.20. The molecule has 1 heterocycles. The van der Waals surface area contributed by atoms with Crippen LogP contribution in [0.15, 0.2) is 24.3 Å². The van der Waals surface area contributed by atoms with Crippen molar-refractivity contribution in [1.82, 2.24) is 4.90 Å². The van der Waals surface area contributed by atoms with Gasteiger partial charge in [0.05, 0.1) is 13.0 Å². The second-order valence-electron chi connectivity index (χ2n) is 5.25. The quantitative estimate of drug-likeness (QED) is 0.892. The Balaban J connectivity index is 2.29. The summed E-state index contributed by atoms with van der Waals surface area (Å²) in [7, 11) is 1.57. The van der Waals surface area contributed by atoms with Gasteiger partial charge in [0.1, 0.15) is 5.75 Å². The fourth-order valence-electron chi connectivity index (χ4n) is 3.06. The van der Waals surface area contributed by atoms with Crippen LogP contribution in [0.4, 0.5) is 4.79 Å². The minimum absolute atomic E-state index is 0.195. The van der Waals surface area contributed by atoms with E-state index in [0.717, 1.165) is 5.56 Å². The molecule has 6 heteroatoms. The molecular weight excluding hydrogens is 274 g/mol. The number of benzene rings is 1. The highest BCUT2D eigenvalue weighted by molar-refractivity contribution is 5.74. The Morgan fingerprint density at radius 3 is 2.33 bits per heavy atom. The molecule has 3 atom stereocenters. The van der Waals surface area contributed by atoms with Crippen LogP contribution in [-0.4, -0.2) is 46.9 Å². The lowest BCUT2D eigenvalue weighted by Gasteiger charge is -2.40. The van der Waals surface area contributed by atoms with Crippen molar-refractivity contribution in [2.75, 3.05) is 13.7 Å². The van der Waals surface area contributed by atoms with Crippen molar-refractivity contribution in [3.63, 3.8) is 0 Å². The van der Waals surface area contributed by atoms with E-state index in [9.17, 15) is 14.7 Å². The monoisotopic (exact) mass is 293 g/mol. The number of hydrogen-bond acceptors (Lipinski definition) is 3. The van der Waals surface area contributed by atoms with E-state index >= 15 is 0 Å². The first-order valence-corrected chi connectivity index (χ1v) is 6.82. The summed E-state index contributed by atoms with van der Waals surface area (Å²) in [5.74, 6) is -1.20. The number of hydrogen-bond donors (Lipinski definition) is 2. The SMILES string of the molecule is COc1ccc(C2CCN(C(=O)O)[C@H](C)[C@H]2C(=O)O)cc1. The molecule has 1 unspecified atom stereocenters. The highest BCUT2D eigenvalue weighted by Gasteiger charge is 2.42. The van der Waals surface area contributed by atoms with Crippen LogP contribution in [0.5, 0.6) is 5.75 Å². The Morgan fingerprint density at radius 2 is 1.86 bits per heavy atom. The Hall–Kier alpha value is -2.24. The van der Waals surface area contributed by atoms with Gasteiger partial charge in [-0.3, -0.25) is 4.79 Å². The molecule has 1 aliphatic rings. The van der Waals surface area contributed by atoms with Crippen LogP contribution >= 0.6 is 0 Å². The van der Waals surface area contributed by atoms with Gasteiger partial charge in [0, 0.05) is 18.5 Å². The van der Waals surface area contributed by atoms with E-state index in [4.69, 9.17) is 9.84 Å². The fourth-order valence-corrected chi connectivity index (χ4v) is 3.06. The molecule has 0 spiro atoms. The molecule has 0 saturated carbocycles. The third kappa shape index (κ3) is 2.94. The summed E-state index contributed by atoms with van der Waals surface area (Å²) in [6.07, 6.45) is -0.568. The van der Waals surface area contributed by atoms with E-state index in [1.807, 2.05) is 12.1 Å². The first kappa shape index (κ1) is 15.2. The van der Waals surface area contributed by atoms with Crippen LogP contribution < -0.4 is 4.74 Å². The summed E-state index contributed by atoms with van der Waals surface area (Å²) < 4.78 is 5.10. The molecule has 1 aliphatic heterocycles. The Labute approximate surface area is 122 Å². The lowest BCUT2D eigenvalue weighted by molar-refractivity contribution is -0.146. The number of aliphatic carboxylic acids is 1. The van der Waals surface area contributed by atoms with Crippen molar-refractivity contribution in [3.8, 4) is 5.75 Å². The minimum atomic E-state index is -1.07. The summed E-state index contributed by atoms with van der Waals surface area (Å²) in [6.45, 7) is 2.00. The number of piperidine rings is 1. The lowest BCUT2D eigenvalue weighted by Crippen LogP contribution is -2.51. The van der Waals surface area contributed by atoms with E-state index in [1.165, 1.54) is 4.90 Å². The average Bonchev–Trinajstić information content (AvgIpc) is 2.46. The predicted octanol–water partition coefficient (Wildman–Crippen LogP) is 2.25. The van der Waals surface area contributed by atoms with Gasteiger partial charge in [-0.1, -0.05) is 12.1 Å². The fraction of sp³-hybridized carbons (Fsp3) is 0.467. The number of amides is 1. The second kappa shape index (κ2) is 6.03. The van der Waals surface area contributed by atoms with E-state index in [0.29, 0.717) is 18.7 Å². The molecule has 114 valence electrons. The number of carboxylic acids is 1. The van der Waals surface area contributed by atoms with E-state index < -0.39 is 24.0 Å². The molecule has 2 rings (SSSR count). The van der Waals surface area contributed by atoms with Crippen LogP contribution in [0.1, 0.15) is 24.8 Å². The molecule has 21 heavy (non-hydrogen) atoms. The molecule has 1 amide bonds. The molecule has 1 aromatic carbocycles. The Bertz CT molecular complexity index is 527. The number of carbonyl (C=O) groups is 2. The highest BCUT2D eigenvalue weighted by atomic mass is 16.5. The summed E-state index contributed by atoms with van der Waals surface area (Å²) in [4.78, 5) is 24.0. The first-order valence-electron chi connectivity index (χ1n) is 6.82. The second-order valence-corrected chi connectivity index (χ2v) is 5.25. The Morgan fingerprint density at radius 1 is 1.24 bits per heavy atom. The number of methoxy groups -OCH3 is 1. The van der Waals surface area contributed by atoms with Crippen molar-refractivity contribution in [1.29, 1.82) is 0 Å². The molecule has 0 radical (unpaired) electrons. The van der Waals surface area contributed by atoms with Gasteiger partial charge in [0.15, 0.2) is 0 Å². The maximum absolute atomic E-state index is 11.6. The maximum Gasteiger partial charge on any atom is 0.407 e. The molecule has 0 aromatic heterocycles. The van der Waals surface area contributed by atoms with Gasteiger partial charge >= 0.3 is 12.1 Å². The number of carboxylic acid groups (broad SMARTS) is 2. The average molecular weight is 293 g/mol. The zero-order valence-corrected chi connectivity index (χ0v) is 12.0. The molecule has 1 saturated heterocycles. The van der Waals surface area contributed by atoms with Gasteiger partial charge in [-0.05, 0) is 31.0 Å². The van der Waals surface area contributed by atoms with E-state index in [-0.39, 0.29) is 5.92 Å². The summed E-state index contributed by atoms with van der Waals surface area (Å²) in [5, 5.41) is 18.6. The number of likely N-dealkylation sites (tertiary alicyclic amines) is 1. The molecule has 2 N–H and O–H groups in total. The smallest absolute Gasteiger partial charge is 0.407 e. The van der Waals surface area contributed by atoms with Gasteiger partial charge in [0.25, 0.3) is 0 Å². The summed E-state index contributed by atoms with van der Waals surface area (Å²) >= 11 is 0. The first-order chi connectivity index (χ1) is 9.95. The number of rotatable bonds is 3. The van der Waals surface area contributed by atoms with Crippen LogP contribution in [0, 0.1) is 5.92 Å². The molecule has 0 aliphatic carbocycles. The topological polar surface area (TPSA) is 87.1 Å². The number of ether oxygens (including phenoxy) is 1. The van der Waals surface area contributed by atoms with Crippen molar-refractivity contribution < 1.29 is 24.5 Å². The minimum Gasteiger partial charge on any atom is -0.497 e. The van der Waals surface area contributed by atoms with Crippen molar-refractivity contribution in [3.05, 3.63) is 29.8 Å². The van der Waals surface area contributed by atoms with Crippen LogP contribution in [0.3, 0.4) is 0 Å². The third-order valence-corrected chi connectivity index (χ3v) is 4.20. The molecule has 6 nitrogen and oxygen atoms in total. The summed E-state index contributed by atoms with van der Waals surface area (Å²) in [5.41, 5.74) is 0.903. The predicted molar refractivity (Wildman–Crippen MR) is 75.7 cm³/mol. The van der Waals surface area contributed by atoms with Gasteiger partial charge < -0.3 is 19.8 Å².